The van der Waals surface area contributed by atoms with Gasteiger partial charge in [-0.3, -0.25) is 4.79 Å². The van der Waals surface area contributed by atoms with Gasteiger partial charge < -0.3 is 14.7 Å². The molecule has 1 aliphatic carbocycles. The molecule has 0 radical (unpaired) electrons. The summed E-state index contributed by atoms with van der Waals surface area (Å²) in [6.45, 7) is 3.12. The molecular formula is C13H21NO4. The molecule has 18 heavy (non-hydrogen) atoms. The summed E-state index contributed by atoms with van der Waals surface area (Å²) in [5.41, 5.74) is 0. The molecular weight excluding hydrogens is 234 g/mol. The lowest BCUT2D eigenvalue weighted by Gasteiger charge is -2.26. The zero-order chi connectivity index (χ0) is 13.1. The fraction of sp³-hybridized carbons (Fsp3) is 0.846. The Morgan fingerprint density at radius 2 is 2.11 bits per heavy atom. The van der Waals surface area contributed by atoms with Crippen LogP contribution in [0, 0.1) is 5.92 Å². The Balaban J connectivity index is 1.85. The maximum Gasteiger partial charge on any atom is 0.326 e. The van der Waals surface area contributed by atoms with Crippen molar-refractivity contribution in [2.45, 2.75) is 51.1 Å². The molecule has 0 aromatic carbocycles. The molecule has 1 aliphatic heterocycles. The van der Waals surface area contributed by atoms with Crippen LogP contribution in [0.4, 0.5) is 0 Å². The summed E-state index contributed by atoms with van der Waals surface area (Å²) in [4.78, 5) is 24.7. The van der Waals surface area contributed by atoms with E-state index in [1.165, 1.54) is 0 Å². The van der Waals surface area contributed by atoms with Crippen molar-refractivity contribution in [1.29, 1.82) is 0 Å². The molecule has 1 saturated carbocycles. The first-order chi connectivity index (χ1) is 8.59. The Kier molecular flexibility index (Phi) is 4.22. The summed E-state index contributed by atoms with van der Waals surface area (Å²) >= 11 is 0. The summed E-state index contributed by atoms with van der Waals surface area (Å²) in [6, 6.07) is -0.548. The molecule has 2 unspecified atom stereocenters. The number of carboxylic acid groups (broad SMARTS) is 1. The maximum atomic E-state index is 12.1. The van der Waals surface area contributed by atoms with Gasteiger partial charge in [-0.05, 0) is 38.5 Å². The zero-order valence-corrected chi connectivity index (χ0v) is 10.8. The van der Waals surface area contributed by atoms with E-state index in [-0.39, 0.29) is 11.9 Å². The van der Waals surface area contributed by atoms with Crippen LogP contribution in [0.2, 0.25) is 0 Å². The summed E-state index contributed by atoms with van der Waals surface area (Å²) in [5, 5.41) is 9.04. The molecule has 5 heteroatoms. The van der Waals surface area contributed by atoms with E-state index in [0.717, 1.165) is 38.9 Å². The van der Waals surface area contributed by atoms with Gasteiger partial charge in [0.2, 0.25) is 5.91 Å². The first-order valence-corrected chi connectivity index (χ1v) is 6.71. The predicted molar refractivity (Wildman–Crippen MR) is 65.1 cm³/mol. The third kappa shape index (κ3) is 3.22. The minimum absolute atomic E-state index is 0.0145. The monoisotopic (exact) mass is 255 g/mol. The second-order valence-electron chi connectivity index (χ2n) is 5.31. The number of amides is 1. The van der Waals surface area contributed by atoms with Crippen molar-refractivity contribution in [2.24, 2.45) is 5.92 Å². The Hall–Kier alpha value is -1.10. The Morgan fingerprint density at radius 1 is 1.39 bits per heavy atom. The second kappa shape index (κ2) is 5.69. The van der Waals surface area contributed by atoms with Gasteiger partial charge in [-0.1, -0.05) is 0 Å². The van der Waals surface area contributed by atoms with Gasteiger partial charge in [0.1, 0.15) is 6.04 Å². The van der Waals surface area contributed by atoms with E-state index in [4.69, 9.17) is 9.84 Å². The number of aliphatic carboxylic acids is 1. The highest BCUT2D eigenvalue weighted by atomic mass is 16.5. The number of carbonyl (C=O) groups excluding carboxylic acids is 1. The SMILES string of the molecule is CC(C(=O)O)N(C(=O)CCC1CCOC1)C1CC1. The predicted octanol–water partition coefficient (Wildman–Crippen LogP) is 1.27. The molecule has 0 spiro atoms. The maximum absolute atomic E-state index is 12.1. The lowest BCUT2D eigenvalue weighted by Crippen LogP contribution is -2.44. The van der Waals surface area contributed by atoms with Crippen molar-refractivity contribution in [1.82, 2.24) is 4.90 Å². The first-order valence-electron chi connectivity index (χ1n) is 6.71. The lowest BCUT2D eigenvalue weighted by atomic mass is 10.0. The number of hydrogen-bond acceptors (Lipinski definition) is 3. The molecule has 2 aliphatic rings. The zero-order valence-electron chi connectivity index (χ0n) is 10.8. The van der Waals surface area contributed by atoms with Crippen LogP contribution >= 0.6 is 0 Å². The van der Waals surface area contributed by atoms with Gasteiger partial charge in [-0.15, -0.1) is 0 Å². The Morgan fingerprint density at radius 3 is 2.61 bits per heavy atom. The largest absolute Gasteiger partial charge is 0.480 e. The molecule has 2 atom stereocenters. The van der Waals surface area contributed by atoms with Crippen molar-refractivity contribution in [3.8, 4) is 0 Å². The average molecular weight is 255 g/mol. The van der Waals surface area contributed by atoms with Crippen LogP contribution in [-0.2, 0) is 14.3 Å². The van der Waals surface area contributed by atoms with Crippen LogP contribution in [0.5, 0.6) is 0 Å². The number of ether oxygens (including phenoxy) is 1. The van der Waals surface area contributed by atoms with Crippen LogP contribution in [0.25, 0.3) is 0 Å². The molecule has 2 fully saturated rings. The molecule has 0 aromatic heterocycles. The minimum Gasteiger partial charge on any atom is -0.480 e. The van der Waals surface area contributed by atoms with Crippen molar-refractivity contribution in [3.63, 3.8) is 0 Å². The van der Waals surface area contributed by atoms with E-state index >= 15 is 0 Å². The molecule has 5 nitrogen and oxygen atoms in total. The molecule has 1 N–H and O–H groups in total. The van der Waals surface area contributed by atoms with Crippen molar-refractivity contribution in [2.75, 3.05) is 13.2 Å². The molecule has 1 saturated heterocycles. The normalized spacial score (nSPS) is 24.8. The first kappa shape index (κ1) is 13.3. The lowest BCUT2D eigenvalue weighted by molar-refractivity contribution is -0.150. The van der Waals surface area contributed by atoms with Crippen LogP contribution in [0.3, 0.4) is 0 Å². The number of rotatable bonds is 6. The topological polar surface area (TPSA) is 66.8 Å². The highest BCUT2D eigenvalue weighted by Crippen LogP contribution is 2.30. The van der Waals surface area contributed by atoms with Gasteiger partial charge in [0.25, 0.3) is 0 Å². The van der Waals surface area contributed by atoms with Gasteiger partial charge >= 0.3 is 5.97 Å². The van der Waals surface area contributed by atoms with Crippen molar-refractivity contribution >= 4 is 11.9 Å². The average Bonchev–Trinajstić information content (AvgIpc) is 3.02. The van der Waals surface area contributed by atoms with E-state index < -0.39 is 12.0 Å². The van der Waals surface area contributed by atoms with Crippen LogP contribution in [-0.4, -0.2) is 47.2 Å². The highest BCUT2D eigenvalue weighted by Gasteiger charge is 2.38. The number of hydrogen-bond donors (Lipinski definition) is 1. The van der Waals surface area contributed by atoms with Crippen LogP contribution in [0.1, 0.15) is 39.0 Å². The minimum atomic E-state index is -0.917. The molecule has 102 valence electrons. The molecule has 1 heterocycles. The van der Waals surface area contributed by atoms with Gasteiger partial charge in [-0.2, -0.15) is 0 Å². The number of nitrogens with zero attached hydrogens (tertiary/aromatic N) is 1. The van der Waals surface area contributed by atoms with Crippen molar-refractivity contribution in [3.05, 3.63) is 0 Å². The molecule has 0 aromatic rings. The van der Waals surface area contributed by atoms with Crippen LogP contribution in [0.15, 0.2) is 0 Å². The standard InChI is InChI=1S/C13H21NO4/c1-9(13(16)17)14(11-3-4-11)12(15)5-2-10-6-7-18-8-10/h9-11H,2-8H2,1H3,(H,16,17). The number of carbonyl (C=O) groups is 2. The smallest absolute Gasteiger partial charge is 0.326 e. The van der Waals surface area contributed by atoms with E-state index in [1.54, 1.807) is 11.8 Å². The van der Waals surface area contributed by atoms with E-state index in [0.29, 0.717) is 12.3 Å². The third-order valence-electron chi connectivity index (χ3n) is 3.79. The molecule has 2 rings (SSSR count). The summed E-state index contributed by atoms with van der Waals surface area (Å²) < 4.78 is 5.28. The van der Waals surface area contributed by atoms with E-state index in [1.807, 2.05) is 0 Å². The number of carboxylic acids is 1. The molecule has 0 bridgehead atoms. The summed E-state index contributed by atoms with van der Waals surface area (Å²) in [6.07, 6.45) is 4.16. The van der Waals surface area contributed by atoms with E-state index in [2.05, 4.69) is 0 Å². The van der Waals surface area contributed by atoms with E-state index in [9.17, 15) is 9.59 Å². The summed E-state index contributed by atoms with van der Waals surface area (Å²) in [5.74, 6) is -0.464. The second-order valence-corrected chi connectivity index (χ2v) is 5.31. The van der Waals surface area contributed by atoms with Crippen LogP contribution < -0.4 is 0 Å². The van der Waals surface area contributed by atoms with Gasteiger partial charge in [0.05, 0.1) is 0 Å². The van der Waals surface area contributed by atoms with Gasteiger partial charge in [-0.25, -0.2) is 4.79 Å². The van der Waals surface area contributed by atoms with Crippen molar-refractivity contribution < 1.29 is 19.4 Å². The summed E-state index contributed by atoms with van der Waals surface area (Å²) in [7, 11) is 0. The van der Waals surface area contributed by atoms with Gasteiger partial charge in [0.15, 0.2) is 0 Å². The highest BCUT2D eigenvalue weighted by molar-refractivity contribution is 5.84. The fourth-order valence-electron chi connectivity index (χ4n) is 2.48. The third-order valence-corrected chi connectivity index (χ3v) is 3.79. The molecule has 1 amide bonds. The Labute approximate surface area is 107 Å². The van der Waals surface area contributed by atoms with Gasteiger partial charge in [0, 0.05) is 25.7 Å². The quantitative estimate of drug-likeness (QED) is 0.776. The fourth-order valence-corrected chi connectivity index (χ4v) is 2.48. The Bertz CT molecular complexity index is 321.